The molecule has 0 aliphatic heterocycles. The molecule has 0 unspecified atom stereocenters. The van der Waals surface area contributed by atoms with E-state index in [-0.39, 0.29) is 5.75 Å². The summed E-state index contributed by atoms with van der Waals surface area (Å²) in [6, 6.07) is 15.5. The molecule has 0 aromatic heterocycles. The average molecular weight is 213 g/mol. The number of nitrogens with zero attached hydrogens (tertiary/aromatic N) is 1. The first-order chi connectivity index (χ1) is 7.75. The van der Waals surface area contributed by atoms with Crippen molar-refractivity contribution in [1.82, 2.24) is 0 Å². The van der Waals surface area contributed by atoms with E-state index >= 15 is 0 Å². The third-order valence-corrected chi connectivity index (χ3v) is 2.15. The molecule has 16 heavy (non-hydrogen) atoms. The smallest absolute Gasteiger partial charge is 0.220 e. The quantitative estimate of drug-likeness (QED) is 0.361. The molecule has 2 aromatic rings. The molecule has 3 nitrogen and oxygen atoms in total. The van der Waals surface area contributed by atoms with Crippen molar-refractivity contribution in [3.05, 3.63) is 65.4 Å². The molecular formula is C13H11NO2. The number of phenols is 1. The summed E-state index contributed by atoms with van der Waals surface area (Å²) in [4.78, 5) is 0. The number of phenolic OH excluding ortho intramolecular Hbond substituents is 1. The van der Waals surface area contributed by atoms with Crippen molar-refractivity contribution in [2.75, 3.05) is 0 Å². The van der Waals surface area contributed by atoms with Crippen molar-refractivity contribution in [2.45, 2.75) is 0 Å². The SMILES string of the molecule is [O-][N+](=Cc1ccccc1)c1cccc(O)c1. The Hall–Kier alpha value is -2.29. The predicted molar refractivity (Wildman–Crippen MR) is 63.0 cm³/mol. The molecule has 3 heteroatoms. The van der Waals surface area contributed by atoms with Crippen molar-refractivity contribution < 1.29 is 9.85 Å². The second-order valence-corrected chi connectivity index (χ2v) is 3.39. The van der Waals surface area contributed by atoms with Crippen LogP contribution in [0.2, 0.25) is 0 Å². The molecule has 0 heterocycles. The number of benzene rings is 2. The Balaban J connectivity index is 2.32. The fourth-order valence-electron chi connectivity index (χ4n) is 1.38. The highest BCUT2D eigenvalue weighted by Gasteiger charge is 2.02. The van der Waals surface area contributed by atoms with Gasteiger partial charge in [0.25, 0.3) is 0 Å². The first kappa shape index (κ1) is 10.2. The molecule has 2 aromatic carbocycles. The van der Waals surface area contributed by atoms with Crippen molar-refractivity contribution in [1.29, 1.82) is 0 Å². The Kier molecular flexibility index (Phi) is 2.87. The maximum absolute atomic E-state index is 11.7. The van der Waals surface area contributed by atoms with Crippen LogP contribution in [0.1, 0.15) is 5.56 Å². The third-order valence-electron chi connectivity index (χ3n) is 2.15. The summed E-state index contributed by atoms with van der Waals surface area (Å²) in [6.45, 7) is 0. The Morgan fingerprint density at radius 3 is 2.44 bits per heavy atom. The van der Waals surface area contributed by atoms with Gasteiger partial charge in [-0.05, 0) is 18.2 Å². The largest absolute Gasteiger partial charge is 0.618 e. The summed E-state index contributed by atoms with van der Waals surface area (Å²) in [5.41, 5.74) is 1.23. The molecule has 2 rings (SSSR count). The topological polar surface area (TPSA) is 46.3 Å². The van der Waals surface area contributed by atoms with Crippen LogP contribution in [-0.4, -0.2) is 16.1 Å². The van der Waals surface area contributed by atoms with Gasteiger partial charge in [0.05, 0.1) is 6.07 Å². The van der Waals surface area contributed by atoms with Gasteiger partial charge in [0.2, 0.25) is 5.69 Å². The molecule has 80 valence electrons. The van der Waals surface area contributed by atoms with E-state index in [1.54, 1.807) is 12.1 Å². The van der Waals surface area contributed by atoms with E-state index in [1.807, 2.05) is 30.3 Å². The minimum absolute atomic E-state index is 0.0832. The van der Waals surface area contributed by atoms with Gasteiger partial charge < -0.3 is 10.3 Å². The molecule has 0 saturated heterocycles. The first-order valence-electron chi connectivity index (χ1n) is 4.91. The summed E-state index contributed by atoms with van der Waals surface area (Å²) in [5.74, 6) is 0.0832. The van der Waals surface area contributed by atoms with E-state index in [9.17, 15) is 10.3 Å². The van der Waals surface area contributed by atoms with Crippen LogP contribution in [0.25, 0.3) is 0 Å². The van der Waals surface area contributed by atoms with Gasteiger partial charge in [-0.1, -0.05) is 24.3 Å². The van der Waals surface area contributed by atoms with Crippen molar-refractivity contribution in [3.63, 3.8) is 0 Å². The van der Waals surface area contributed by atoms with Crippen molar-refractivity contribution >= 4 is 11.9 Å². The van der Waals surface area contributed by atoms with Crippen molar-refractivity contribution in [3.8, 4) is 5.75 Å². The summed E-state index contributed by atoms with van der Waals surface area (Å²) < 4.78 is 0.731. The Labute approximate surface area is 93.5 Å². The van der Waals surface area contributed by atoms with Gasteiger partial charge in [-0.2, -0.15) is 4.74 Å². The van der Waals surface area contributed by atoms with Gasteiger partial charge in [0.1, 0.15) is 5.75 Å². The van der Waals surface area contributed by atoms with Crippen molar-refractivity contribution in [2.24, 2.45) is 0 Å². The number of hydrogen-bond acceptors (Lipinski definition) is 2. The van der Waals surface area contributed by atoms with Crippen LogP contribution < -0.4 is 0 Å². The summed E-state index contributed by atoms with van der Waals surface area (Å²) >= 11 is 0. The summed E-state index contributed by atoms with van der Waals surface area (Å²) in [5, 5.41) is 21.0. The highest BCUT2D eigenvalue weighted by atomic mass is 16.5. The number of hydrogen-bond donors (Lipinski definition) is 1. The lowest BCUT2D eigenvalue weighted by molar-refractivity contribution is -0.354. The highest BCUT2D eigenvalue weighted by Crippen LogP contribution is 2.17. The van der Waals surface area contributed by atoms with Crippen LogP contribution in [0, 0.1) is 5.21 Å². The van der Waals surface area contributed by atoms with E-state index in [4.69, 9.17) is 0 Å². The fraction of sp³-hybridized carbons (Fsp3) is 0. The molecule has 0 radical (unpaired) electrons. The molecule has 0 aliphatic carbocycles. The Morgan fingerprint density at radius 2 is 1.75 bits per heavy atom. The van der Waals surface area contributed by atoms with E-state index in [0.717, 1.165) is 10.3 Å². The molecule has 0 atom stereocenters. The van der Waals surface area contributed by atoms with Crippen LogP contribution in [-0.2, 0) is 0 Å². The minimum atomic E-state index is 0.0832. The zero-order valence-corrected chi connectivity index (χ0v) is 8.58. The Bertz CT molecular complexity index is 506. The van der Waals surface area contributed by atoms with E-state index in [1.165, 1.54) is 18.3 Å². The van der Waals surface area contributed by atoms with Crippen LogP contribution in [0.3, 0.4) is 0 Å². The van der Waals surface area contributed by atoms with Crippen LogP contribution >= 0.6 is 0 Å². The zero-order chi connectivity index (χ0) is 11.4. The Morgan fingerprint density at radius 1 is 1.00 bits per heavy atom. The summed E-state index contributed by atoms with van der Waals surface area (Å²) in [7, 11) is 0. The van der Waals surface area contributed by atoms with E-state index in [2.05, 4.69) is 0 Å². The second-order valence-electron chi connectivity index (χ2n) is 3.39. The van der Waals surface area contributed by atoms with Gasteiger partial charge in [-0.15, -0.1) is 0 Å². The lowest BCUT2D eigenvalue weighted by Gasteiger charge is -2.02. The van der Waals surface area contributed by atoms with Crippen LogP contribution in [0.4, 0.5) is 5.69 Å². The van der Waals surface area contributed by atoms with Crippen LogP contribution in [0.5, 0.6) is 5.75 Å². The molecule has 0 saturated carbocycles. The predicted octanol–water partition coefficient (Wildman–Crippen LogP) is 2.65. The van der Waals surface area contributed by atoms with Gasteiger partial charge >= 0.3 is 0 Å². The molecule has 0 aliphatic rings. The minimum Gasteiger partial charge on any atom is -0.618 e. The lowest BCUT2D eigenvalue weighted by atomic mass is 10.2. The molecular weight excluding hydrogens is 202 g/mol. The monoisotopic (exact) mass is 213 g/mol. The third kappa shape index (κ3) is 2.39. The summed E-state index contributed by atoms with van der Waals surface area (Å²) in [6.07, 6.45) is 1.47. The normalized spacial score (nSPS) is 11.4. The van der Waals surface area contributed by atoms with Gasteiger partial charge in [0, 0.05) is 11.6 Å². The van der Waals surface area contributed by atoms with E-state index < -0.39 is 0 Å². The molecule has 1 N–H and O–H groups in total. The maximum atomic E-state index is 11.7. The zero-order valence-electron chi connectivity index (χ0n) is 8.58. The standard InChI is InChI=1S/C13H11NO2/c15-13-8-4-7-12(9-13)14(16)10-11-5-2-1-3-6-11/h1-10,15H. The second kappa shape index (κ2) is 4.49. The van der Waals surface area contributed by atoms with E-state index in [0.29, 0.717) is 5.69 Å². The van der Waals surface area contributed by atoms with Gasteiger partial charge in [0.15, 0.2) is 6.21 Å². The van der Waals surface area contributed by atoms with Gasteiger partial charge in [-0.25, -0.2) is 0 Å². The van der Waals surface area contributed by atoms with Crippen LogP contribution in [0.15, 0.2) is 54.6 Å². The lowest BCUT2D eigenvalue weighted by Crippen LogP contribution is -1.98. The highest BCUT2D eigenvalue weighted by molar-refractivity contribution is 5.76. The molecule has 0 fully saturated rings. The first-order valence-corrected chi connectivity index (χ1v) is 4.91. The van der Waals surface area contributed by atoms with Gasteiger partial charge in [-0.3, -0.25) is 0 Å². The molecule has 0 bridgehead atoms. The average Bonchev–Trinajstić information content (AvgIpc) is 2.30. The number of rotatable bonds is 2. The number of aromatic hydroxyl groups is 1. The fourth-order valence-corrected chi connectivity index (χ4v) is 1.38. The molecule has 0 spiro atoms. The maximum Gasteiger partial charge on any atom is 0.220 e. The molecule has 0 amide bonds.